The third-order valence-electron chi connectivity index (χ3n) is 9.01. The van der Waals surface area contributed by atoms with Crippen molar-refractivity contribution < 1.29 is 0 Å². The van der Waals surface area contributed by atoms with Gasteiger partial charge in [0.1, 0.15) is 7.85 Å². The zero-order chi connectivity index (χ0) is 25.8. The predicted octanol–water partition coefficient (Wildman–Crippen LogP) is 8.47. The van der Waals surface area contributed by atoms with Crippen molar-refractivity contribution in [3.05, 3.63) is 124 Å². The Hall–Kier alpha value is -3.21. The lowest BCUT2D eigenvalue weighted by Crippen LogP contribution is -2.22. The highest BCUT2D eigenvalue weighted by Crippen LogP contribution is 2.60. The number of rotatable bonds is 3. The van der Waals surface area contributed by atoms with Crippen molar-refractivity contribution in [1.82, 2.24) is 4.57 Å². The molecule has 38 heavy (non-hydrogen) atoms. The number of nitrogens with zero attached hydrogens (tertiary/aromatic N) is 1. The Bertz CT molecular complexity index is 1960. The second kappa shape index (κ2) is 7.91. The molecule has 8 rings (SSSR count). The summed E-state index contributed by atoms with van der Waals surface area (Å²) >= 11 is 8.55. The van der Waals surface area contributed by atoms with Crippen LogP contribution in [0.15, 0.2) is 102 Å². The lowest BCUT2D eigenvalue weighted by atomic mass is 9.74. The van der Waals surface area contributed by atoms with E-state index in [4.69, 9.17) is 0 Å². The summed E-state index contributed by atoms with van der Waals surface area (Å²) in [5.74, 6) is 1.20. The van der Waals surface area contributed by atoms with Crippen molar-refractivity contribution in [2.75, 3.05) is 5.75 Å². The van der Waals surface area contributed by atoms with Crippen LogP contribution in [-0.4, -0.2) is 18.2 Å². The normalized spacial score (nSPS) is 17.6. The van der Waals surface area contributed by atoms with Gasteiger partial charge < -0.3 is 4.57 Å². The summed E-state index contributed by atoms with van der Waals surface area (Å²) in [6.45, 7) is 2.40. The van der Waals surface area contributed by atoms with Gasteiger partial charge in [-0.1, -0.05) is 88.7 Å². The van der Waals surface area contributed by atoms with Crippen LogP contribution in [0.2, 0.25) is 0 Å². The number of benzene rings is 5. The second-order valence-electron chi connectivity index (χ2n) is 11.0. The molecule has 0 amide bonds. The monoisotopic (exact) mass is 569 g/mol. The quantitative estimate of drug-likeness (QED) is 0.161. The van der Waals surface area contributed by atoms with E-state index in [1.807, 2.05) is 0 Å². The van der Waals surface area contributed by atoms with E-state index in [-0.39, 0.29) is 5.41 Å². The molecule has 0 N–H and O–H groups in total. The summed E-state index contributed by atoms with van der Waals surface area (Å²) in [7, 11) is 2.26. The smallest absolute Gasteiger partial charge is 0.112 e. The molecule has 0 saturated carbocycles. The van der Waals surface area contributed by atoms with E-state index in [0.717, 1.165) is 10.2 Å². The molecule has 2 atom stereocenters. The molecule has 1 nitrogen and oxygen atoms in total. The van der Waals surface area contributed by atoms with Gasteiger partial charge in [0.15, 0.2) is 0 Å². The van der Waals surface area contributed by atoms with Crippen LogP contribution in [0, 0.1) is 0 Å². The average molecular weight is 570 g/mol. The van der Waals surface area contributed by atoms with Crippen LogP contribution >= 0.6 is 28.6 Å². The van der Waals surface area contributed by atoms with Crippen molar-refractivity contribution in [1.29, 1.82) is 0 Å². The Labute approximate surface area is 237 Å². The molecule has 0 bridgehead atoms. The minimum absolute atomic E-state index is 0.252. The molecule has 1 aromatic heterocycles. The molecule has 2 heterocycles. The first-order valence-corrected chi connectivity index (χ1v) is 14.7. The van der Waals surface area contributed by atoms with E-state index in [1.54, 1.807) is 0 Å². The van der Waals surface area contributed by atoms with Gasteiger partial charge in [0, 0.05) is 31.8 Å². The Morgan fingerprint density at radius 1 is 0.816 bits per heavy atom. The van der Waals surface area contributed by atoms with Crippen molar-refractivity contribution in [3.8, 4) is 27.9 Å². The molecule has 182 valence electrons. The van der Waals surface area contributed by atoms with Crippen LogP contribution in [0.25, 0.3) is 49.7 Å². The second-order valence-corrected chi connectivity index (χ2v) is 12.2. The molecule has 1 aliphatic carbocycles. The van der Waals surface area contributed by atoms with Gasteiger partial charge in [-0.05, 0) is 76.1 Å². The van der Waals surface area contributed by atoms with E-state index >= 15 is 0 Å². The molecule has 2 aliphatic rings. The fourth-order valence-electron chi connectivity index (χ4n) is 7.06. The van der Waals surface area contributed by atoms with Crippen molar-refractivity contribution in [2.24, 2.45) is 0 Å². The van der Waals surface area contributed by atoms with Gasteiger partial charge in [-0.25, -0.2) is 0 Å². The Morgan fingerprint density at radius 2 is 1.61 bits per heavy atom. The zero-order valence-corrected chi connectivity index (χ0v) is 23.8. The summed E-state index contributed by atoms with van der Waals surface area (Å²) in [4.78, 5) is 0. The summed E-state index contributed by atoms with van der Waals surface area (Å²) in [5.41, 5.74) is 14.3. The van der Waals surface area contributed by atoms with Crippen LogP contribution in [0.1, 0.15) is 35.0 Å². The van der Waals surface area contributed by atoms with Gasteiger partial charge in [0.2, 0.25) is 0 Å². The van der Waals surface area contributed by atoms with Gasteiger partial charge in [-0.3, -0.25) is 0 Å². The first-order valence-electron chi connectivity index (χ1n) is 13.2. The third kappa shape index (κ3) is 2.75. The third-order valence-corrected chi connectivity index (χ3v) is 10.0. The molecule has 6 aromatic rings. The Morgan fingerprint density at radius 3 is 2.42 bits per heavy atom. The fraction of sp³-hybridized carbons (Fsp3) is 0.118. The van der Waals surface area contributed by atoms with Gasteiger partial charge >= 0.3 is 0 Å². The van der Waals surface area contributed by atoms with E-state index in [0.29, 0.717) is 5.82 Å². The van der Waals surface area contributed by atoms with E-state index in [9.17, 15) is 0 Å². The minimum Gasteiger partial charge on any atom is -0.308 e. The Balaban J connectivity index is 1.63. The molecule has 1 aliphatic heterocycles. The number of para-hydroxylation sites is 1. The topological polar surface area (TPSA) is 4.93 Å². The number of hydrogen-bond donors (Lipinski definition) is 1. The number of halogens is 1. The number of aromatic nitrogens is 1. The molecule has 0 fully saturated rings. The molecule has 4 heteroatoms. The van der Waals surface area contributed by atoms with Crippen LogP contribution in [0.4, 0.5) is 0 Å². The van der Waals surface area contributed by atoms with Crippen LogP contribution in [-0.2, 0) is 5.41 Å². The number of thiol groups is 1. The average Bonchev–Trinajstić information content (AvgIpc) is 3.38. The van der Waals surface area contributed by atoms with E-state index in [1.165, 1.54) is 72.0 Å². The summed E-state index contributed by atoms with van der Waals surface area (Å²) in [6, 6.07) is 36.4. The maximum atomic E-state index is 4.63. The number of fused-ring (bicyclic) bond motifs is 6. The van der Waals surface area contributed by atoms with Crippen molar-refractivity contribution in [3.63, 3.8) is 0 Å². The van der Waals surface area contributed by atoms with Crippen LogP contribution in [0.3, 0.4) is 0 Å². The van der Waals surface area contributed by atoms with Crippen LogP contribution in [0.5, 0.6) is 0 Å². The van der Waals surface area contributed by atoms with Crippen molar-refractivity contribution >= 4 is 58.2 Å². The molecule has 0 saturated heterocycles. The van der Waals surface area contributed by atoms with Crippen molar-refractivity contribution in [2.45, 2.75) is 18.2 Å². The summed E-state index contributed by atoms with van der Waals surface area (Å²) < 4.78 is 3.66. The molecule has 0 spiro atoms. The van der Waals surface area contributed by atoms with Crippen LogP contribution < -0.4 is 0 Å². The first-order chi connectivity index (χ1) is 18.5. The molecule has 2 unspecified atom stereocenters. The largest absolute Gasteiger partial charge is 0.308 e. The zero-order valence-electron chi connectivity index (χ0n) is 21.3. The maximum Gasteiger partial charge on any atom is 0.112 e. The summed E-state index contributed by atoms with van der Waals surface area (Å²) in [5, 5.41) is 2.62. The predicted molar refractivity (Wildman–Crippen MR) is 170 cm³/mol. The van der Waals surface area contributed by atoms with Gasteiger partial charge in [-0.2, -0.15) is 12.6 Å². The Kier molecular flexibility index (Phi) is 4.73. The summed E-state index contributed by atoms with van der Waals surface area (Å²) in [6.07, 6.45) is 0. The fourth-order valence-corrected chi connectivity index (χ4v) is 7.73. The lowest BCUT2D eigenvalue weighted by molar-refractivity contribution is 0.714. The lowest BCUT2D eigenvalue weighted by Gasteiger charge is -2.29. The van der Waals surface area contributed by atoms with Gasteiger partial charge in [0.25, 0.3) is 0 Å². The molecular formula is C34H25BBrNS. The highest BCUT2D eigenvalue weighted by Gasteiger charge is 2.45. The minimum atomic E-state index is -0.252. The SMILES string of the molecule is BC(CS)c1ccc2c(c1)-n1c3ccccc3c3ccc4c(c31)-c1c-2cc(Br)cc1C4(C)c1ccccc1. The van der Waals surface area contributed by atoms with Gasteiger partial charge in [0.05, 0.1) is 16.7 Å². The number of hydrogen-bond acceptors (Lipinski definition) is 1. The highest BCUT2D eigenvalue weighted by atomic mass is 79.9. The molecule has 0 radical (unpaired) electrons. The van der Waals surface area contributed by atoms with E-state index in [2.05, 4.69) is 145 Å². The molecular weight excluding hydrogens is 545 g/mol. The first kappa shape index (κ1) is 22.7. The molecule has 5 aromatic carbocycles. The maximum absolute atomic E-state index is 4.63. The highest BCUT2D eigenvalue weighted by molar-refractivity contribution is 9.10. The van der Waals surface area contributed by atoms with Gasteiger partial charge in [-0.15, -0.1) is 0 Å². The van der Waals surface area contributed by atoms with E-state index < -0.39 is 0 Å². The standard InChI is InChI=1S/C34H25BBrNS/c1-34(20-7-3-2-4-8-20)26-14-13-24-22-9-5-6-10-29(22)37-30-15-19(28(35)18-38)11-12-23(30)25-16-21(36)17-27(34)31(25)32(26)33(24)37/h2-17,28,38H,18,35H2,1H3.